The first-order valence-corrected chi connectivity index (χ1v) is 9.32. The molecule has 1 aromatic carbocycles. The van der Waals surface area contributed by atoms with Crippen molar-refractivity contribution in [3.63, 3.8) is 0 Å². The Morgan fingerprint density at radius 3 is 2.76 bits per heavy atom. The van der Waals surface area contributed by atoms with E-state index >= 15 is 0 Å². The summed E-state index contributed by atoms with van der Waals surface area (Å²) >= 11 is 13.2. The van der Waals surface area contributed by atoms with E-state index in [1.807, 2.05) is 29.6 Å². The molecule has 9 heteroatoms. The second kappa shape index (κ2) is 7.47. The van der Waals surface area contributed by atoms with E-state index in [-0.39, 0.29) is 0 Å². The van der Waals surface area contributed by atoms with E-state index in [2.05, 4.69) is 34.5 Å². The SMILES string of the molecule is CNn1nc(-c2nc(C(C)C)cs2)n(/N=C/c2ccccc2Cl)c1=S. The zero-order valence-corrected chi connectivity index (χ0v) is 16.4. The maximum absolute atomic E-state index is 6.19. The fourth-order valence-electron chi connectivity index (χ4n) is 2.10. The van der Waals surface area contributed by atoms with Crippen molar-refractivity contribution >= 4 is 41.4 Å². The van der Waals surface area contributed by atoms with Gasteiger partial charge in [-0.1, -0.05) is 43.6 Å². The molecule has 25 heavy (non-hydrogen) atoms. The summed E-state index contributed by atoms with van der Waals surface area (Å²) in [4.78, 5) is 6.14. The summed E-state index contributed by atoms with van der Waals surface area (Å²) in [7, 11) is 1.75. The molecular weight excluding hydrogens is 376 g/mol. The third-order valence-electron chi connectivity index (χ3n) is 3.49. The quantitative estimate of drug-likeness (QED) is 0.517. The van der Waals surface area contributed by atoms with Crippen LogP contribution in [0, 0.1) is 4.77 Å². The lowest BCUT2D eigenvalue weighted by atomic mass is 10.2. The Morgan fingerprint density at radius 1 is 1.36 bits per heavy atom. The van der Waals surface area contributed by atoms with E-state index in [4.69, 9.17) is 23.8 Å². The van der Waals surface area contributed by atoms with E-state index in [0.29, 0.717) is 21.5 Å². The molecular formula is C16H17ClN6S2. The zero-order valence-electron chi connectivity index (χ0n) is 14.0. The second-order valence-electron chi connectivity index (χ2n) is 5.55. The monoisotopic (exact) mass is 392 g/mol. The highest BCUT2D eigenvalue weighted by atomic mass is 35.5. The number of thiazole rings is 1. The number of rotatable bonds is 5. The van der Waals surface area contributed by atoms with Gasteiger partial charge in [0.15, 0.2) is 5.01 Å². The van der Waals surface area contributed by atoms with Gasteiger partial charge < -0.3 is 5.43 Å². The molecule has 0 radical (unpaired) electrons. The first kappa shape index (κ1) is 17.8. The van der Waals surface area contributed by atoms with E-state index in [1.54, 1.807) is 17.9 Å². The summed E-state index contributed by atoms with van der Waals surface area (Å²) < 4.78 is 2.00. The van der Waals surface area contributed by atoms with Gasteiger partial charge in [-0.3, -0.25) is 0 Å². The summed E-state index contributed by atoms with van der Waals surface area (Å²) in [6.45, 7) is 4.21. The maximum atomic E-state index is 6.19. The lowest BCUT2D eigenvalue weighted by molar-refractivity contribution is 0.752. The Labute approximate surface area is 159 Å². The van der Waals surface area contributed by atoms with Crippen LogP contribution in [0.4, 0.5) is 0 Å². The maximum Gasteiger partial charge on any atom is 0.240 e. The van der Waals surface area contributed by atoms with E-state index < -0.39 is 0 Å². The molecule has 2 heterocycles. The minimum atomic E-state index is 0.347. The molecule has 0 bridgehead atoms. The van der Waals surface area contributed by atoms with Crippen LogP contribution in [0.3, 0.4) is 0 Å². The minimum Gasteiger partial charge on any atom is -0.310 e. The highest BCUT2D eigenvalue weighted by molar-refractivity contribution is 7.71. The number of halogens is 1. The number of hydrogen-bond donors (Lipinski definition) is 1. The summed E-state index contributed by atoms with van der Waals surface area (Å²) in [5, 5.41) is 12.4. The van der Waals surface area contributed by atoms with Crippen molar-refractivity contribution in [2.75, 3.05) is 12.5 Å². The normalized spacial score (nSPS) is 11.6. The van der Waals surface area contributed by atoms with Crippen molar-refractivity contribution in [2.45, 2.75) is 19.8 Å². The van der Waals surface area contributed by atoms with Crippen molar-refractivity contribution in [3.05, 3.63) is 50.7 Å². The smallest absolute Gasteiger partial charge is 0.240 e. The number of nitrogens with one attached hydrogen (secondary N) is 1. The lowest BCUT2D eigenvalue weighted by Crippen LogP contribution is -2.10. The molecule has 0 fully saturated rings. The first-order chi connectivity index (χ1) is 12.0. The molecule has 0 aliphatic carbocycles. The average Bonchev–Trinajstić information content (AvgIpc) is 3.19. The van der Waals surface area contributed by atoms with Crippen LogP contribution < -0.4 is 5.43 Å². The summed E-state index contributed by atoms with van der Waals surface area (Å²) in [5.41, 5.74) is 4.74. The van der Waals surface area contributed by atoms with Gasteiger partial charge in [-0.25, -0.2) is 4.98 Å². The molecule has 3 aromatic rings. The zero-order chi connectivity index (χ0) is 18.0. The van der Waals surface area contributed by atoms with E-state index in [9.17, 15) is 0 Å². The summed E-state index contributed by atoms with van der Waals surface area (Å²) in [6.07, 6.45) is 1.67. The van der Waals surface area contributed by atoms with Crippen molar-refractivity contribution in [3.8, 4) is 10.8 Å². The molecule has 0 spiro atoms. The van der Waals surface area contributed by atoms with Crippen LogP contribution >= 0.6 is 35.2 Å². The molecule has 0 saturated carbocycles. The molecule has 0 atom stereocenters. The van der Waals surface area contributed by atoms with Gasteiger partial charge in [0.2, 0.25) is 10.6 Å². The molecule has 2 aromatic heterocycles. The van der Waals surface area contributed by atoms with Gasteiger partial charge in [0.25, 0.3) is 0 Å². The third kappa shape index (κ3) is 3.65. The first-order valence-electron chi connectivity index (χ1n) is 7.65. The summed E-state index contributed by atoms with van der Waals surface area (Å²) in [5.74, 6) is 0.930. The van der Waals surface area contributed by atoms with Crippen LogP contribution in [0.1, 0.15) is 31.0 Å². The number of aromatic nitrogens is 4. The Balaban J connectivity index is 2.07. The van der Waals surface area contributed by atoms with Crippen LogP contribution in [0.25, 0.3) is 10.8 Å². The van der Waals surface area contributed by atoms with Crippen LogP contribution in [0.15, 0.2) is 34.7 Å². The van der Waals surface area contributed by atoms with Gasteiger partial charge in [-0.2, -0.15) is 9.78 Å². The van der Waals surface area contributed by atoms with Crippen LogP contribution in [-0.2, 0) is 0 Å². The van der Waals surface area contributed by atoms with Crippen LogP contribution in [0.5, 0.6) is 0 Å². The fraction of sp³-hybridized carbons (Fsp3) is 0.250. The average molecular weight is 393 g/mol. The fourth-order valence-corrected chi connectivity index (χ4v) is 3.50. The highest BCUT2D eigenvalue weighted by Gasteiger charge is 2.16. The number of hydrogen-bond acceptors (Lipinski definition) is 6. The van der Waals surface area contributed by atoms with Gasteiger partial charge in [0, 0.05) is 23.0 Å². The number of nitrogens with zero attached hydrogens (tertiary/aromatic N) is 5. The van der Waals surface area contributed by atoms with Crippen molar-refractivity contribution < 1.29 is 0 Å². The second-order valence-corrected chi connectivity index (χ2v) is 7.18. The van der Waals surface area contributed by atoms with Gasteiger partial charge in [-0.15, -0.1) is 21.2 Å². The molecule has 0 amide bonds. The van der Waals surface area contributed by atoms with Crippen LogP contribution in [0.2, 0.25) is 5.02 Å². The Morgan fingerprint density at radius 2 is 2.12 bits per heavy atom. The van der Waals surface area contributed by atoms with E-state index in [1.165, 1.54) is 16.1 Å². The molecule has 0 aliphatic heterocycles. The molecule has 0 aliphatic rings. The predicted octanol–water partition coefficient (Wildman–Crippen LogP) is 4.37. The van der Waals surface area contributed by atoms with Crippen LogP contribution in [-0.4, -0.2) is 32.8 Å². The molecule has 3 rings (SSSR count). The Kier molecular flexibility index (Phi) is 5.31. The van der Waals surface area contributed by atoms with Gasteiger partial charge >= 0.3 is 0 Å². The van der Waals surface area contributed by atoms with Crippen molar-refractivity contribution in [2.24, 2.45) is 5.10 Å². The highest BCUT2D eigenvalue weighted by Crippen LogP contribution is 2.26. The Hall–Kier alpha value is -2.03. The standard InChI is InChI=1S/C16H17ClN6S2/c1-10(2)13-9-25-15(20-13)14-21-23(18-3)16(24)22(14)19-8-11-6-4-5-7-12(11)17/h4-10,18H,1-3H3/b19-8+. The number of benzene rings is 1. The topological polar surface area (TPSA) is 60.0 Å². The molecule has 130 valence electrons. The minimum absolute atomic E-state index is 0.347. The van der Waals surface area contributed by atoms with E-state index in [0.717, 1.165) is 16.3 Å². The van der Waals surface area contributed by atoms with Crippen molar-refractivity contribution in [1.29, 1.82) is 0 Å². The predicted molar refractivity (Wildman–Crippen MR) is 106 cm³/mol. The molecule has 6 nitrogen and oxygen atoms in total. The molecule has 0 unspecified atom stereocenters. The van der Waals surface area contributed by atoms with Crippen molar-refractivity contribution in [1.82, 2.24) is 19.5 Å². The summed E-state index contributed by atoms with van der Waals surface area (Å²) in [6, 6.07) is 7.48. The van der Waals surface area contributed by atoms with Gasteiger partial charge in [-0.05, 0) is 24.2 Å². The third-order valence-corrected chi connectivity index (χ3v) is 5.04. The van der Waals surface area contributed by atoms with Gasteiger partial charge in [0.1, 0.15) is 0 Å². The largest absolute Gasteiger partial charge is 0.310 e. The van der Waals surface area contributed by atoms with Gasteiger partial charge in [0.05, 0.1) is 11.9 Å². The molecule has 1 N–H and O–H groups in total. The lowest BCUT2D eigenvalue weighted by Gasteiger charge is -1.99. The Bertz CT molecular complexity index is 969. The molecule has 0 saturated heterocycles.